The predicted molar refractivity (Wildman–Crippen MR) is 116 cm³/mol. The van der Waals surface area contributed by atoms with Gasteiger partial charge in [-0.15, -0.1) is 11.3 Å². The van der Waals surface area contributed by atoms with Crippen molar-refractivity contribution in [2.24, 2.45) is 0 Å². The third-order valence-corrected chi connectivity index (χ3v) is 6.29. The Bertz CT molecular complexity index is 950. The average molecular weight is 431 g/mol. The zero-order valence-electron chi connectivity index (χ0n) is 17.3. The predicted octanol–water partition coefficient (Wildman–Crippen LogP) is 3.23. The highest BCUT2D eigenvalue weighted by molar-refractivity contribution is 7.10. The van der Waals surface area contributed by atoms with Crippen molar-refractivity contribution < 1.29 is 24.5 Å². The normalized spacial score (nSPS) is 18.4. The summed E-state index contributed by atoms with van der Waals surface area (Å²) < 4.78 is 5.08. The number of nitrogens with zero attached hydrogens (tertiary/aromatic N) is 2. The van der Waals surface area contributed by atoms with Crippen LogP contribution >= 0.6 is 11.3 Å². The molecule has 1 aliphatic rings. The van der Waals surface area contributed by atoms with E-state index in [-0.39, 0.29) is 16.9 Å². The van der Waals surface area contributed by atoms with Crippen LogP contribution in [0.4, 0.5) is 0 Å². The summed E-state index contributed by atoms with van der Waals surface area (Å²) in [4.78, 5) is 30.3. The number of rotatable bonds is 8. The second kappa shape index (κ2) is 9.32. The molecular weight excluding hydrogens is 404 g/mol. The summed E-state index contributed by atoms with van der Waals surface area (Å²) in [5, 5.41) is 23.2. The lowest BCUT2D eigenvalue weighted by molar-refractivity contribution is -0.140. The topological polar surface area (TPSA) is 90.3 Å². The second-order valence-electron chi connectivity index (χ2n) is 6.92. The van der Waals surface area contributed by atoms with Crippen LogP contribution in [0.3, 0.4) is 0 Å². The molecule has 1 aromatic carbocycles. The molecule has 1 atom stereocenters. The van der Waals surface area contributed by atoms with Crippen LogP contribution in [0.15, 0.2) is 41.3 Å². The number of phenolic OH excluding ortho intramolecular Hbond substituents is 1. The molecule has 0 bridgehead atoms. The second-order valence-corrected chi connectivity index (χ2v) is 7.90. The first kappa shape index (κ1) is 21.9. The molecule has 2 heterocycles. The van der Waals surface area contributed by atoms with E-state index in [1.165, 1.54) is 35.5 Å². The molecule has 8 heteroatoms. The van der Waals surface area contributed by atoms with Crippen LogP contribution in [-0.4, -0.2) is 65.0 Å². The standard InChI is InChI=1S/C22H26N2O5S/c1-4-23(5-2)10-11-24-19(17-7-6-12-30-17)18(21(27)22(24)28)20(26)15-9-8-14(29-3)13-16(15)25/h6-9,12-13,19,25-26H,4-5,10-11H2,1-3H3/b20-18+. The van der Waals surface area contributed by atoms with Gasteiger partial charge in [-0.05, 0) is 36.7 Å². The monoisotopic (exact) mass is 430 g/mol. The van der Waals surface area contributed by atoms with Crippen molar-refractivity contribution in [1.29, 1.82) is 0 Å². The van der Waals surface area contributed by atoms with Gasteiger partial charge in [0.25, 0.3) is 11.7 Å². The summed E-state index contributed by atoms with van der Waals surface area (Å²) in [5.41, 5.74) is 0.0709. The number of ether oxygens (including phenoxy) is 1. The van der Waals surface area contributed by atoms with Crippen molar-refractivity contribution in [3.63, 3.8) is 0 Å². The Balaban J connectivity index is 2.07. The highest BCUT2D eigenvalue weighted by Gasteiger charge is 2.46. The maximum atomic E-state index is 12.9. The van der Waals surface area contributed by atoms with E-state index >= 15 is 0 Å². The molecule has 30 heavy (non-hydrogen) atoms. The van der Waals surface area contributed by atoms with Gasteiger partial charge in [0.15, 0.2) is 0 Å². The first-order valence-electron chi connectivity index (χ1n) is 9.84. The van der Waals surface area contributed by atoms with E-state index in [1.54, 1.807) is 6.07 Å². The zero-order chi connectivity index (χ0) is 21.8. The smallest absolute Gasteiger partial charge is 0.295 e. The van der Waals surface area contributed by atoms with Gasteiger partial charge in [0.1, 0.15) is 17.3 Å². The molecule has 7 nitrogen and oxygen atoms in total. The molecule has 1 aromatic heterocycles. The quantitative estimate of drug-likeness (QED) is 0.380. The summed E-state index contributed by atoms with van der Waals surface area (Å²) in [6.07, 6.45) is 0. The van der Waals surface area contributed by atoms with E-state index in [1.807, 2.05) is 31.4 Å². The first-order valence-corrected chi connectivity index (χ1v) is 10.7. The van der Waals surface area contributed by atoms with Crippen LogP contribution in [0, 0.1) is 0 Å². The Labute approximate surface area is 179 Å². The van der Waals surface area contributed by atoms with Crippen molar-refractivity contribution in [2.75, 3.05) is 33.3 Å². The minimum Gasteiger partial charge on any atom is -0.507 e. The van der Waals surface area contributed by atoms with Crippen molar-refractivity contribution in [1.82, 2.24) is 9.80 Å². The minimum atomic E-state index is -0.749. The fourth-order valence-electron chi connectivity index (χ4n) is 3.63. The molecule has 1 aliphatic heterocycles. The van der Waals surface area contributed by atoms with E-state index in [9.17, 15) is 19.8 Å². The number of likely N-dealkylation sites (tertiary alicyclic amines) is 1. The Hall–Kier alpha value is -2.84. The lowest BCUT2D eigenvalue weighted by Crippen LogP contribution is -2.37. The number of aliphatic hydroxyl groups excluding tert-OH is 1. The maximum absolute atomic E-state index is 12.9. The van der Waals surface area contributed by atoms with Crippen molar-refractivity contribution >= 4 is 28.8 Å². The average Bonchev–Trinajstić information content (AvgIpc) is 3.36. The molecule has 3 rings (SSSR count). The van der Waals surface area contributed by atoms with E-state index in [2.05, 4.69) is 4.90 Å². The number of carbonyl (C=O) groups excluding carboxylic acids is 2. The number of amides is 1. The fraction of sp³-hybridized carbons (Fsp3) is 0.364. The van der Waals surface area contributed by atoms with Crippen molar-refractivity contribution in [3.05, 3.63) is 51.7 Å². The number of benzene rings is 1. The van der Waals surface area contributed by atoms with Crippen LogP contribution in [0.1, 0.15) is 30.3 Å². The van der Waals surface area contributed by atoms with Gasteiger partial charge >= 0.3 is 0 Å². The zero-order valence-corrected chi connectivity index (χ0v) is 18.1. The number of hydrogen-bond donors (Lipinski definition) is 2. The van der Waals surface area contributed by atoms with E-state index in [0.29, 0.717) is 18.8 Å². The van der Waals surface area contributed by atoms with Gasteiger partial charge in [0, 0.05) is 24.0 Å². The number of Topliss-reactive ketones (excluding diaryl/α,β-unsaturated/α-hetero) is 1. The molecule has 2 aromatic rings. The van der Waals surface area contributed by atoms with Crippen LogP contribution in [0.2, 0.25) is 0 Å². The molecule has 0 radical (unpaired) electrons. The molecule has 0 spiro atoms. The molecule has 0 aliphatic carbocycles. The van der Waals surface area contributed by atoms with Gasteiger partial charge < -0.3 is 24.7 Å². The number of aliphatic hydroxyl groups is 1. The van der Waals surface area contributed by atoms with Crippen LogP contribution < -0.4 is 4.74 Å². The molecule has 1 saturated heterocycles. The SMILES string of the molecule is CCN(CC)CCN1C(=O)C(=O)/C(=C(/O)c2ccc(OC)cc2O)C1c1cccs1. The summed E-state index contributed by atoms with van der Waals surface area (Å²) in [6.45, 7) is 6.74. The lowest BCUT2D eigenvalue weighted by Gasteiger charge is -2.27. The van der Waals surface area contributed by atoms with Gasteiger partial charge in [-0.3, -0.25) is 9.59 Å². The molecule has 160 valence electrons. The summed E-state index contributed by atoms with van der Waals surface area (Å²) in [7, 11) is 1.46. The van der Waals surface area contributed by atoms with E-state index in [4.69, 9.17) is 4.74 Å². The number of phenols is 1. The van der Waals surface area contributed by atoms with Gasteiger partial charge in [-0.2, -0.15) is 0 Å². The number of aromatic hydroxyl groups is 1. The molecule has 1 fully saturated rings. The van der Waals surface area contributed by atoms with Gasteiger partial charge in [-0.25, -0.2) is 0 Å². The third-order valence-electron chi connectivity index (χ3n) is 5.36. The Kier molecular flexibility index (Phi) is 6.79. The van der Waals surface area contributed by atoms with Crippen molar-refractivity contribution in [3.8, 4) is 11.5 Å². The fourth-order valence-corrected chi connectivity index (χ4v) is 4.47. The number of ketones is 1. The highest BCUT2D eigenvalue weighted by Crippen LogP contribution is 2.42. The number of likely N-dealkylation sites (N-methyl/N-ethyl adjacent to an activating group) is 1. The molecule has 2 N–H and O–H groups in total. The number of thiophene rings is 1. The third kappa shape index (κ3) is 4.06. The van der Waals surface area contributed by atoms with E-state index in [0.717, 1.165) is 18.0 Å². The number of carbonyl (C=O) groups is 2. The largest absolute Gasteiger partial charge is 0.507 e. The Morgan fingerprint density at radius 3 is 2.53 bits per heavy atom. The van der Waals surface area contributed by atoms with Crippen LogP contribution in [0.5, 0.6) is 11.5 Å². The Morgan fingerprint density at radius 2 is 1.97 bits per heavy atom. The summed E-state index contributed by atoms with van der Waals surface area (Å²) >= 11 is 1.41. The number of methoxy groups -OCH3 is 1. The van der Waals surface area contributed by atoms with Crippen LogP contribution in [-0.2, 0) is 9.59 Å². The van der Waals surface area contributed by atoms with E-state index < -0.39 is 23.5 Å². The van der Waals surface area contributed by atoms with Crippen molar-refractivity contribution in [2.45, 2.75) is 19.9 Å². The first-order chi connectivity index (χ1) is 14.4. The molecule has 1 unspecified atom stereocenters. The lowest BCUT2D eigenvalue weighted by atomic mass is 9.99. The van der Waals surface area contributed by atoms with Gasteiger partial charge in [0.05, 0.1) is 24.3 Å². The van der Waals surface area contributed by atoms with Gasteiger partial charge in [-0.1, -0.05) is 19.9 Å². The van der Waals surface area contributed by atoms with Crippen LogP contribution in [0.25, 0.3) is 5.76 Å². The summed E-state index contributed by atoms with van der Waals surface area (Å²) in [5.74, 6) is -1.60. The molecule has 0 saturated carbocycles. The highest BCUT2D eigenvalue weighted by atomic mass is 32.1. The number of hydrogen-bond acceptors (Lipinski definition) is 7. The minimum absolute atomic E-state index is 0.0116. The van der Waals surface area contributed by atoms with Gasteiger partial charge in [0.2, 0.25) is 0 Å². The Morgan fingerprint density at radius 1 is 1.23 bits per heavy atom. The molecular formula is C22H26N2O5S. The summed E-state index contributed by atoms with van der Waals surface area (Å²) in [6, 6.07) is 7.39. The maximum Gasteiger partial charge on any atom is 0.295 e. The molecule has 1 amide bonds.